The van der Waals surface area contributed by atoms with Crippen LogP contribution in [-0.4, -0.2) is 21.6 Å². The summed E-state index contributed by atoms with van der Waals surface area (Å²) in [6, 6.07) is 3.49. The molecule has 3 aromatic heterocycles. The Balaban J connectivity index is 1.76. The molecule has 124 valence electrons. The third kappa shape index (κ3) is 3.13. The van der Waals surface area contributed by atoms with E-state index in [2.05, 4.69) is 20.5 Å². The Hall–Kier alpha value is -2.74. The summed E-state index contributed by atoms with van der Waals surface area (Å²) < 4.78 is 5.18. The molecule has 3 heterocycles. The Kier molecular flexibility index (Phi) is 4.30. The molecular formula is C16H16N4O3S. The van der Waals surface area contributed by atoms with Crippen molar-refractivity contribution >= 4 is 33.2 Å². The zero-order valence-corrected chi connectivity index (χ0v) is 14.3. The SMILES string of the molecule is C/C(=N\NC(=O)Cc1nc2sc(C)c(C)c2c(=O)[nH]1)c1ccco1. The fourth-order valence-electron chi connectivity index (χ4n) is 2.26. The van der Waals surface area contributed by atoms with E-state index in [4.69, 9.17) is 4.42 Å². The number of carbonyl (C=O) groups excluding carboxylic acids is 1. The van der Waals surface area contributed by atoms with Gasteiger partial charge in [0.2, 0.25) is 5.91 Å². The van der Waals surface area contributed by atoms with Crippen LogP contribution in [0.1, 0.15) is 28.9 Å². The van der Waals surface area contributed by atoms with E-state index in [1.807, 2.05) is 13.8 Å². The number of carbonyl (C=O) groups is 1. The van der Waals surface area contributed by atoms with Gasteiger partial charge in [-0.05, 0) is 38.5 Å². The molecule has 0 radical (unpaired) electrons. The molecule has 0 aliphatic carbocycles. The minimum Gasteiger partial charge on any atom is -0.463 e. The molecule has 7 nitrogen and oxygen atoms in total. The average Bonchev–Trinajstić information content (AvgIpc) is 3.14. The molecule has 1 amide bonds. The van der Waals surface area contributed by atoms with Crippen LogP contribution in [0.5, 0.6) is 0 Å². The van der Waals surface area contributed by atoms with E-state index in [0.29, 0.717) is 27.5 Å². The van der Waals surface area contributed by atoms with Gasteiger partial charge in [0.1, 0.15) is 22.1 Å². The minimum atomic E-state index is -0.367. The van der Waals surface area contributed by atoms with E-state index in [1.54, 1.807) is 19.1 Å². The van der Waals surface area contributed by atoms with Gasteiger partial charge in [-0.2, -0.15) is 5.10 Å². The summed E-state index contributed by atoms with van der Waals surface area (Å²) in [6.07, 6.45) is 1.47. The fraction of sp³-hybridized carbons (Fsp3) is 0.250. The number of amides is 1. The van der Waals surface area contributed by atoms with Crippen LogP contribution in [0.3, 0.4) is 0 Å². The standard InChI is InChI=1S/C16H16N4O3S/c1-8-10(3)24-16-14(8)15(22)17-12(18-16)7-13(21)20-19-9(2)11-5-4-6-23-11/h4-6H,7H2,1-3H3,(H,20,21)(H,17,18,22)/b19-9+. The first kappa shape index (κ1) is 16.1. The molecule has 0 aliphatic rings. The number of thiophene rings is 1. The number of hydrogen-bond acceptors (Lipinski definition) is 6. The summed E-state index contributed by atoms with van der Waals surface area (Å²) in [6.45, 7) is 5.56. The maximum absolute atomic E-state index is 12.2. The Labute approximate surface area is 141 Å². The number of rotatable bonds is 4. The molecule has 0 atom stereocenters. The third-order valence-corrected chi connectivity index (χ3v) is 4.74. The Morgan fingerprint density at radius 1 is 1.46 bits per heavy atom. The molecule has 0 saturated heterocycles. The van der Waals surface area contributed by atoms with E-state index >= 15 is 0 Å². The van der Waals surface area contributed by atoms with E-state index in [9.17, 15) is 9.59 Å². The van der Waals surface area contributed by atoms with Gasteiger partial charge < -0.3 is 9.40 Å². The van der Waals surface area contributed by atoms with E-state index in [-0.39, 0.29) is 17.9 Å². The second-order valence-electron chi connectivity index (χ2n) is 5.36. The summed E-state index contributed by atoms with van der Waals surface area (Å²) in [5, 5.41) is 4.56. The molecule has 3 aromatic rings. The van der Waals surface area contributed by atoms with Crippen LogP contribution in [0.25, 0.3) is 10.2 Å². The molecule has 3 rings (SSSR count). The lowest BCUT2D eigenvalue weighted by molar-refractivity contribution is -0.120. The molecule has 8 heteroatoms. The van der Waals surface area contributed by atoms with E-state index in [1.165, 1.54) is 17.6 Å². The number of nitrogens with zero attached hydrogens (tertiary/aromatic N) is 2. The van der Waals surface area contributed by atoms with Crippen molar-refractivity contribution in [3.8, 4) is 0 Å². The van der Waals surface area contributed by atoms with Crippen molar-refractivity contribution in [1.29, 1.82) is 0 Å². The molecule has 0 fully saturated rings. The van der Waals surface area contributed by atoms with Crippen LogP contribution in [0.15, 0.2) is 32.7 Å². The monoisotopic (exact) mass is 344 g/mol. The van der Waals surface area contributed by atoms with Crippen LogP contribution in [-0.2, 0) is 11.2 Å². The maximum Gasteiger partial charge on any atom is 0.259 e. The highest BCUT2D eigenvalue weighted by atomic mass is 32.1. The van der Waals surface area contributed by atoms with Gasteiger partial charge in [-0.15, -0.1) is 11.3 Å². The first-order valence-corrected chi connectivity index (χ1v) is 8.13. The van der Waals surface area contributed by atoms with Gasteiger partial charge in [-0.3, -0.25) is 9.59 Å². The predicted molar refractivity (Wildman–Crippen MR) is 92.5 cm³/mol. The zero-order chi connectivity index (χ0) is 17.3. The molecule has 0 bridgehead atoms. The second kappa shape index (κ2) is 6.40. The number of aromatic nitrogens is 2. The molecule has 24 heavy (non-hydrogen) atoms. The van der Waals surface area contributed by atoms with Crippen molar-refractivity contribution < 1.29 is 9.21 Å². The quantitative estimate of drug-likeness (QED) is 0.560. The normalized spacial score (nSPS) is 11.9. The highest BCUT2D eigenvalue weighted by Crippen LogP contribution is 2.25. The fourth-order valence-corrected chi connectivity index (χ4v) is 3.31. The summed E-state index contributed by atoms with van der Waals surface area (Å²) >= 11 is 1.45. The number of H-pyrrole nitrogens is 1. The third-order valence-electron chi connectivity index (χ3n) is 3.64. The van der Waals surface area contributed by atoms with Crippen molar-refractivity contribution in [3.05, 3.63) is 50.8 Å². The first-order chi connectivity index (χ1) is 11.5. The van der Waals surface area contributed by atoms with Gasteiger partial charge in [0, 0.05) is 4.88 Å². The van der Waals surface area contributed by atoms with Crippen molar-refractivity contribution in [1.82, 2.24) is 15.4 Å². The molecule has 0 aromatic carbocycles. The highest BCUT2D eigenvalue weighted by molar-refractivity contribution is 7.18. The van der Waals surface area contributed by atoms with Gasteiger partial charge in [0.15, 0.2) is 0 Å². The maximum atomic E-state index is 12.2. The van der Waals surface area contributed by atoms with Crippen LogP contribution in [0.2, 0.25) is 0 Å². The van der Waals surface area contributed by atoms with Crippen molar-refractivity contribution in [2.75, 3.05) is 0 Å². The lowest BCUT2D eigenvalue weighted by Gasteiger charge is -2.02. The lowest BCUT2D eigenvalue weighted by atomic mass is 10.2. The molecule has 0 spiro atoms. The van der Waals surface area contributed by atoms with Crippen LogP contribution >= 0.6 is 11.3 Å². The van der Waals surface area contributed by atoms with Crippen LogP contribution in [0.4, 0.5) is 0 Å². The molecule has 0 aliphatic heterocycles. The summed E-state index contributed by atoms with van der Waals surface area (Å²) in [5.41, 5.74) is 3.69. The Morgan fingerprint density at radius 3 is 2.96 bits per heavy atom. The van der Waals surface area contributed by atoms with Gasteiger partial charge in [-0.1, -0.05) is 0 Å². The molecular weight excluding hydrogens is 328 g/mol. The summed E-state index contributed by atoms with van der Waals surface area (Å²) in [4.78, 5) is 32.9. The van der Waals surface area contributed by atoms with Crippen LogP contribution in [0, 0.1) is 13.8 Å². The van der Waals surface area contributed by atoms with Gasteiger partial charge >= 0.3 is 0 Å². The number of hydrogen-bond donors (Lipinski definition) is 2. The average molecular weight is 344 g/mol. The van der Waals surface area contributed by atoms with Crippen LogP contribution < -0.4 is 11.0 Å². The largest absolute Gasteiger partial charge is 0.463 e. The molecule has 2 N–H and O–H groups in total. The number of nitrogens with one attached hydrogen (secondary N) is 2. The van der Waals surface area contributed by atoms with Gasteiger partial charge in [-0.25, -0.2) is 10.4 Å². The number of hydrazone groups is 1. The van der Waals surface area contributed by atoms with E-state index in [0.717, 1.165) is 10.4 Å². The second-order valence-corrected chi connectivity index (χ2v) is 6.57. The highest BCUT2D eigenvalue weighted by Gasteiger charge is 2.13. The number of aromatic amines is 1. The van der Waals surface area contributed by atoms with Crippen molar-refractivity contribution in [2.24, 2.45) is 5.10 Å². The topological polar surface area (TPSA) is 100 Å². The molecule has 0 saturated carbocycles. The Bertz CT molecular complexity index is 983. The van der Waals surface area contributed by atoms with Crippen molar-refractivity contribution in [3.63, 3.8) is 0 Å². The number of aryl methyl sites for hydroxylation is 2. The van der Waals surface area contributed by atoms with Gasteiger partial charge in [0.25, 0.3) is 5.56 Å². The Morgan fingerprint density at radius 2 is 2.25 bits per heavy atom. The smallest absolute Gasteiger partial charge is 0.259 e. The zero-order valence-electron chi connectivity index (χ0n) is 13.5. The summed E-state index contributed by atoms with van der Waals surface area (Å²) in [7, 11) is 0. The van der Waals surface area contributed by atoms with Crippen molar-refractivity contribution in [2.45, 2.75) is 27.2 Å². The minimum absolute atomic E-state index is 0.0594. The number of furan rings is 1. The molecule has 0 unspecified atom stereocenters. The summed E-state index contributed by atoms with van der Waals surface area (Å²) in [5.74, 6) is 0.526. The first-order valence-electron chi connectivity index (χ1n) is 7.31. The number of fused-ring (bicyclic) bond motifs is 1. The lowest BCUT2D eigenvalue weighted by Crippen LogP contribution is -2.24. The predicted octanol–water partition coefficient (Wildman–Crippen LogP) is 2.28. The van der Waals surface area contributed by atoms with Gasteiger partial charge in [0.05, 0.1) is 18.1 Å². The van der Waals surface area contributed by atoms with E-state index < -0.39 is 0 Å².